The maximum absolute atomic E-state index is 12.3. The van der Waals surface area contributed by atoms with Crippen molar-refractivity contribution < 1.29 is 14.4 Å². The van der Waals surface area contributed by atoms with Crippen LogP contribution in [0.3, 0.4) is 0 Å². The standard InChI is InChI=1S/C18H15ClN4O3S/c1-10-9-14(21-16(24)11-5-2-3-6-12(11)19)27-15(10)18(26)23-22-17(25)13-7-4-8-20-13/h2-9,20H,1H3,(H,21,24)(H,22,25)(H,23,26). The molecule has 7 nitrogen and oxygen atoms in total. The Kier molecular flexibility index (Phi) is 5.58. The first kappa shape index (κ1) is 18.7. The quantitative estimate of drug-likeness (QED) is 0.503. The summed E-state index contributed by atoms with van der Waals surface area (Å²) in [5.41, 5.74) is 6.01. The summed E-state index contributed by atoms with van der Waals surface area (Å²) in [7, 11) is 0. The van der Waals surface area contributed by atoms with Gasteiger partial charge >= 0.3 is 0 Å². The van der Waals surface area contributed by atoms with Gasteiger partial charge in [-0.15, -0.1) is 11.3 Å². The van der Waals surface area contributed by atoms with E-state index >= 15 is 0 Å². The van der Waals surface area contributed by atoms with Gasteiger partial charge in [-0.3, -0.25) is 25.2 Å². The first-order valence-electron chi connectivity index (χ1n) is 7.86. The number of aryl methyl sites for hydroxylation is 1. The van der Waals surface area contributed by atoms with Crippen molar-refractivity contribution in [3.8, 4) is 0 Å². The zero-order valence-electron chi connectivity index (χ0n) is 14.1. The number of nitrogens with one attached hydrogen (secondary N) is 4. The number of anilines is 1. The summed E-state index contributed by atoms with van der Waals surface area (Å²) >= 11 is 7.12. The molecule has 0 atom stereocenters. The molecule has 1 aromatic carbocycles. The van der Waals surface area contributed by atoms with E-state index in [4.69, 9.17) is 11.6 Å². The van der Waals surface area contributed by atoms with E-state index in [1.54, 1.807) is 55.6 Å². The summed E-state index contributed by atoms with van der Waals surface area (Å²) in [4.78, 5) is 39.6. The third-order valence-electron chi connectivity index (χ3n) is 3.61. The lowest BCUT2D eigenvalue weighted by atomic mass is 10.2. The van der Waals surface area contributed by atoms with Crippen LogP contribution in [0.1, 0.15) is 36.1 Å². The molecule has 4 N–H and O–H groups in total. The van der Waals surface area contributed by atoms with Crippen molar-refractivity contribution >= 4 is 45.7 Å². The van der Waals surface area contributed by atoms with E-state index in [-0.39, 0.29) is 5.91 Å². The van der Waals surface area contributed by atoms with Crippen molar-refractivity contribution in [2.45, 2.75) is 6.92 Å². The zero-order chi connectivity index (χ0) is 19.4. The van der Waals surface area contributed by atoms with Crippen molar-refractivity contribution in [1.82, 2.24) is 15.8 Å². The molecule has 0 spiro atoms. The number of hydrogen-bond acceptors (Lipinski definition) is 4. The number of halogens is 1. The van der Waals surface area contributed by atoms with Gasteiger partial charge in [-0.1, -0.05) is 23.7 Å². The number of rotatable bonds is 4. The van der Waals surface area contributed by atoms with Gasteiger partial charge in [0.2, 0.25) is 0 Å². The number of hydrazine groups is 1. The average molecular weight is 403 g/mol. The molecule has 3 amide bonds. The van der Waals surface area contributed by atoms with Crippen LogP contribution in [0.15, 0.2) is 48.7 Å². The van der Waals surface area contributed by atoms with Crippen LogP contribution in [0.5, 0.6) is 0 Å². The van der Waals surface area contributed by atoms with Gasteiger partial charge in [0.15, 0.2) is 0 Å². The monoisotopic (exact) mass is 402 g/mol. The van der Waals surface area contributed by atoms with Crippen LogP contribution in [0.2, 0.25) is 5.02 Å². The SMILES string of the molecule is Cc1cc(NC(=O)c2ccccc2Cl)sc1C(=O)NNC(=O)c1ccc[nH]1. The molecule has 0 unspecified atom stereocenters. The van der Waals surface area contributed by atoms with Crippen molar-refractivity contribution in [1.29, 1.82) is 0 Å². The second-order valence-electron chi connectivity index (χ2n) is 5.55. The van der Waals surface area contributed by atoms with Crippen LogP contribution in [-0.4, -0.2) is 22.7 Å². The van der Waals surface area contributed by atoms with Crippen LogP contribution in [-0.2, 0) is 0 Å². The predicted octanol–water partition coefficient (Wildman–Crippen LogP) is 3.37. The third kappa shape index (κ3) is 4.36. The Balaban J connectivity index is 1.65. The molecule has 2 aromatic heterocycles. The molecular weight excluding hydrogens is 388 g/mol. The molecular formula is C18H15ClN4O3S. The number of thiophene rings is 1. The van der Waals surface area contributed by atoms with Crippen molar-refractivity contribution in [2.75, 3.05) is 5.32 Å². The molecule has 0 aliphatic heterocycles. The first-order chi connectivity index (χ1) is 13.0. The summed E-state index contributed by atoms with van der Waals surface area (Å²) in [5, 5.41) is 3.56. The van der Waals surface area contributed by atoms with Crippen LogP contribution < -0.4 is 16.2 Å². The normalized spacial score (nSPS) is 10.3. The van der Waals surface area contributed by atoms with Gasteiger partial charge in [0.05, 0.1) is 20.5 Å². The molecule has 0 saturated carbocycles. The Morgan fingerprint density at radius 1 is 1.00 bits per heavy atom. The molecule has 0 fully saturated rings. The minimum Gasteiger partial charge on any atom is -0.357 e. The lowest BCUT2D eigenvalue weighted by Gasteiger charge is -2.06. The zero-order valence-corrected chi connectivity index (χ0v) is 15.7. The fraction of sp³-hybridized carbons (Fsp3) is 0.0556. The Bertz CT molecular complexity index is 998. The van der Waals surface area contributed by atoms with Crippen LogP contribution in [0.25, 0.3) is 0 Å². The molecule has 138 valence electrons. The van der Waals surface area contributed by atoms with E-state index in [0.29, 0.717) is 31.7 Å². The summed E-state index contributed by atoms with van der Waals surface area (Å²) in [6, 6.07) is 11.6. The first-order valence-corrected chi connectivity index (χ1v) is 9.05. The summed E-state index contributed by atoms with van der Waals surface area (Å²) in [6.45, 7) is 1.74. The molecule has 3 aromatic rings. The number of amides is 3. The number of aromatic amines is 1. The Morgan fingerprint density at radius 2 is 1.74 bits per heavy atom. The number of carbonyl (C=O) groups excluding carboxylic acids is 3. The topological polar surface area (TPSA) is 103 Å². The molecule has 0 saturated heterocycles. The minimum absolute atomic E-state index is 0.325. The Morgan fingerprint density at radius 3 is 2.44 bits per heavy atom. The predicted molar refractivity (Wildman–Crippen MR) is 104 cm³/mol. The van der Waals surface area contributed by atoms with Gasteiger partial charge in [-0.2, -0.15) is 0 Å². The van der Waals surface area contributed by atoms with Crippen molar-refractivity contribution in [2.24, 2.45) is 0 Å². The van der Waals surface area contributed by atoms with Gasteiger partial charge in [-0.05, 0) is 42.8 Å². The molecule has 0 radical (unpaired) electrons. The number of benzene rings is 1. The fourth-order valence-corrected chi connectivity index (χ4v) is 3.49. The third-order valence-corrected chi connectivity index (χ3v) is 5.09. The fourth-order valence-electron chi connectivity index (χ4n) is 2.30. The summed E-state index contributed by atoms with van der Waals surface area (Å²) in [5.74, 6) is -1.31. The van der Waals surface area contributed by atoms with Crippen LogP contribution in [0.4, 0.5) is 5.00 Å². The molecule has 0 aliphatic rings. The maximum Gasteiger partial charge on any atom is 0.286 e. The highest BCUT2D eigenvalue weighted by Crippen LogP contribution is 2.27. The smallest absolute Gasteiger partial charge is 0.286 e. The molecule has 2 heterocycles. The van der Waals surface area contributed by atoms with E-state index in [2.05, 4.69) is 21.2 Å². The van der Waals surface area contributed by atoms with Gasteiger partial charge in [0, 0.05) is 6.20 Å². The van der Waals surface area contributed by atoms with Crippen LogP contribution >= 0.6 is 22.9 Å². The highest BCUT2D eigenvalue weighted by molar-refractivity contribution is 7.18. The number of H-pyrrole nitrogens is 1. The van der Waals surface area contributed by atoms with E-state index < -0.39 is 11.8 Å². The van der Waals surface area contributed by atoms with E-state index in [1.165, 1.54) is 0 Å². The highest BCUT2D eigenvalue weighted by Gasteiger charge is 2.17. The number of hydrogen-bond donors (Lipinski definition) is 4. The average Bonchev–Trinajstić information content (AvgIpc) is 3.29. The second-order valence-corrected chi connectivity index (χ2v) is 7.01. The molecule has 3 rings (SSSR count). The van der Waals surface area contributed by atoms with Crippen molar-refractivity contribution in [3.05, 3.63) is 75.4 Å². The molecule has 9 heteroatoms. The van der Waals surface area contributed by atoms with Crippen molar-refractivity contribution in [3.63, 3.8) is 0 Å². The highest BCUT2D eigenvalue weighted by atomic mass is 35.5. The molecule has 0 aliphatic carbocycles. The maximum atomic E-state index is 12.3. The van der Waals surface area contributed by atoms with Gasteiger partial charge in [0.1, 0.15) is 5.69 Å². The second kappa shape index (κ2) is 8.07. The number of carbonyl (C=O) groups is 3. The van der Waals surface area contributed by atoms with Crippen LogP contribution in [0, 0.1) is 6.92 Å². The molecule has 27 heavy (non-hydrogen) atoms. The minimum atomic E-state index is -0.476. The largest absolute Gasteiger partial charge is 0.357 e. The van der Waals surface area contributed by atoms with E-state index in [9.17, 15) is 14.4 Å². The van der Waals surface area contributed by atoms with Gasteiger partial charge < -0.3 is 10.3 Å². The van der Waals surface area contributed by atoms with E-state index in [1.807, 2.05) is 0 Å². The number of aromatic nitrogens is 1. The lowest BCUT2D eigenvalue weighted by molar-refractivity contribution is 0.0846. The van der Waals surface area contributed by atoms with Gasteiger partial charge in [0.25, 0.3) is 17.7 Å². The van der Waals surface area contributed by atoms with Gasteiger partial charge in [-0.25, -0.2) is 0 Å². The Hall–Kier alpha value is -3.10. The summed E-state index contributed by atoms with van der Waals surface area (Å²) < 4.78 is 0. The Labute approximate surface area is 163 Å². The molecule has 0 bridgehead atoms. The summed E-state index contributed by atoms with van der Waals surface area (Å²) in [6.07, 6.45) is 1.61. The lowest BCUT2D eigenvalue weighted by Crippen LogP contribution is -2.41. The van der Waals surface area contributed by atoms with E-state index in [0.717, 1.165) is 11.3 Å².